The maximum absolute atomic E-state index is 13.0. The van der Waals surface area contributed by atoms with Crippen LogP contribution in [0.15, 0.2) is 18.2 Å². The van der Waals surface area contributed by atoms with E-state index in [4.69, 9.17) is 9.57 Å². The van der Waals surface area contributed by atoms with Gasteiger partial charge in [0.25, 0.3) is 0 Å². The molecule has 0 aromatic heterocycles. The van der Waals surface area contributed by atoms with Crippen LogP contribution in [0.5, 0.6) is 0 Å². The second-order valence-electron chi connectivity index (χ2n) is 5.00. The van der Waals surface area contributed by atoms with Gasteiger partial charge in [0.05, 0.1) is 5.56 Å². The van der Waals surface area contributed by atoms with Crippen molar-refractivity contribution in [3.8, 4) is 0 Å². The Hall–Kier alpha value is -1.87. The normalized spacial score (nSPS) is 18.5. The average Bonchev–Trinajstić information content (AvgIpc) is 2.52. The number of halogens is 4. The zero-order valence-corrected chi connectivity index (χ0v) is 12.1. The topological polar surface area (TPSA) is 59.6 Å². The Labute approximate surface area is 129 Å². The Morgan fingerprint density at radius 2 is 2.13 bits per heavy atom. The maximum atomic E-state index is 13.0. The van der Waals surface area contributed by atoms with Crippen LogP contribution < -0.4 is 10.8 Å². The summed E-state index contributed by atoms with van der Waals surface area (Å²) in [6, 6.07) is 1.46. The van der Waals surface area contributed by atoms with Gasteiger partial charge in [-0.2, -0.15) is 13.2 Å². The number of hydroxylamine groups is 1. The number of nitrogens with one attached hydrogen (secondary N) is 2. The van der Waals surface area contributed by atoms with Gasteiger partial charge in [-0.25, -0.2) is 19.5 Å². The van der Waals surface area contributed by atoms with Crippen molar-refractivity contribution in [3.05, 3.63) is 35.1 Å². The predicted octanol–water partition coefficient (Wildman–Crippen LogP) is 3.10. The number of benzene rings is 1. The molecule has 0 radical (unpaired) electrons. The van der Waals surface area contributed by atoms with Gasteiger partial charge in [-0.3, -0.25) is 0 Å². The van der Waals surface area contributed by atoms with Crippen molar-refractivity contribution in [2.75, 3.05) is 6.61 Å². The van der Waals surface area contributed by atoms with Crippen molar-refractivity contribution in [1.82, 2.24) is 10.8 Å². The number of carbonyl (C=O) groups excluding carboxylic acids is 1. The number of ether oxygens (including phenoxy) is 1. The smallest absolute Gasteiger partial charge is 0.350 e. The van der Waals surface area contributed by atoms with Crippen LogP contribution in [0.25, 0.3) is 0 Å². The van der Waals surface area contributed by atoms with Crippen molar-refractivity contribution in [1.29, 1.82) is 0 Å². The Balaban J connectivity index is 1.86. The number of hydrogen-bond donors (Lipinski definition) is 2. The monoisotopic (exact) mass is 336 g/mol. The van der Waals surface area contributed by atoms with Gasteiger partial charge in [-0.05, 0) is 30.5 Å². The van der Waals surface area contributed by atoms with Gasteiger partial charge in [0.15, 0.2) is 6.29 Å². The van der Waals surface area contributed by atoms with E-state index in [1.165, 1.54) is 0 Å². The van der Waals surface area contributed by atoms with E-state index >= 15 is 0 Å². The van der Waals surface area contributed by atoms with Gasteiger partial charge in [0, 0.05) is 19.6 Å². The number of amides is 2. The third-order valence-electron chi connectivity index (χ3n) is 3.24. The van der Waals surface area contributed by atoms with E-state index < -0.39 is 36.4 Å². The van der Waals surface area contributed by atoms with Gasteiger partial charge >= 0.3 is 12.2 Å². The highest BCUT2D eigenvalue weighted by molar-refractivity contribution is 5.72. The molecule has 0 spiro atoms. The summed E-state index contributed by atoms with van der Waals surface area (Å²) >= 11 is 0. The average molecular weight is 336 g/mol. The van der Waals surface area contributed by atoms with E-state index in [2.05, 4.69) is 10.8 Å². The molecule has 1 atom stereocenters. The molecule has 9 heteroatoms. The van der Waals surface area contributed by atoms with Gasteiger partial charge in [0.1, 0.15) is 5.82 Å². The molecule has 1 saturated heterocycles. The summed E-state index contributed by atoms with van der Waals surface area (Å²) in [5, 5.41) is 2.22. The maximum Gasteiger partial charge on any atom is 0.416 e. The van der Waals surface area contributed by atoms with Crippen molar-refractivity contribution < 1.29 is 31.9 Å². The molecule has 5 nitrogen and oxygen atoms in total. The van der Waals surface area contributed by atoms with Gasteiger partial charge in [-0.15, -0.1) is 0 Å². The van der Waals surface area contributed by atoms with E-state index in [9.17, 15) is 22.4 Å². The fourth-order valence-corrected chi connectivity index (χ4v) is 2.10. The third-order valence-corrected chi connectivity index (χ3v) is 3.24. The van der Waals surface area contributed by atoms with Crippen LogP contribution in [-0.2, 0) is 22.3 Å². The first-order chi connectivity index (χ1) is 10.9. The molecular weight excluding hydrogens is 320 g/mol. The van der Waals surface area contributed by atoms with Crippen LogP contribution in [0.2, 0.25) is 0 Å². The Morgan fingerprint density at radius 3 is 2.78 bits per heavy atom. The van der Waals surface area contributed by atoms with E-state index in [1.807, 2.05) is 0 Å². The molecule has 2 N–H and O–H groups in total. The van der Waals surface area contributed by atoms with Crippen molar-refractivity contribution in [3.63, 3.8) is 0 Å². The molecule has 2 rings (SSSR count). The number of alkyl halides is 3. The van der Waals surface area contributed by atoms with Gasteiger partial charge in [-0.1, -0.05) is 6.07 Å². The molecular formula is C14H16F4N2O3. The molecule has 1 aliphatic heterocycles. The number of carbonyl (C=O) groups is 1. The van der Waals surface area contributed by atoms with Crippen LogP contribution >= 0.6 is 0 Å². The molecule has 0 aliphatic carbocycles. The molecule has 0 bridgehead atoms. The van der Waals surface area contributed by atoms with Crippen LogP contribution in [0.3, 0.4) is 0 Å². The second kappa shape index (κ2) is 7.60. The quantitative estimate of drug-likeness (QED) is 0.656. The molecule has 1 aliphatic rings. The fourth-order valence-electron chi connectivity index (χ4n) is 2.10. The SMILES string of the molecule is O=C(NCc1ccc(F)cc1C(F)(F)F)NO[C@H]1CCCCO1. The van der Waals surface area contributed by atoms with E-state index in [-0.39, 0.29) is 5.56 Å². The Morgan fingerprint density at radius 1 is 1.35 bits per heavy atom. The van der Waals surface area contributed by atoms with Crippen LogP contribution in [-0.4, -0.2) is 18.9 Å². The Kier molecular flexibility index (Phi) is 5.78. The molecule has 0 unspecified atom stereocenters. The van der Waals surface area contributed by atoms with Crippen LogP contribution in [0.1, 0.15) is 30.4 Å². The standard InChI is InChI=1S/C14H16F4N2O3/c15-10-5-4-9(11(7-10)14(16,17)18)8-19-13(21)20-23-12-3-1-2-6-22-12/h4-5,7,12H,1-3,6,8H2,(H2,19,20,21)/t12-/m0/s1. The minimum absolute atomic E-state index is 0.247. The first-order valence-corrected chi connectivity index (χ1v) is 7.03. The van der Waals surface area contributed by atoms with Crippen LogP contribution in [0, 0.1) is 5.82 Å². The van der Waals surface area contributed by atoms with Crippen LogP contribution in [0.4, 0.5) is 22.4 Å². The second-order valence-corrected chi connectivity index (χ2v) is 5.00. The fraction of sp³-hybridized carbons (Fsp3) is 0.500. The lowest BCUT2D eigenvalue weighted by molar-refractivity contribution is -0.186. The lowest BCUT2D eigenvalue weighted by atomic mass is 10.1. The predicted molar refractivity (Wildman–Crippen MR) is 71.4 cm³/mol. The zero-order valence-electron chi connectivity index (χ0n) is 12.1. The first kappa shape index (κ1) is 17.5. The number of urea groups is 1. The summed E-state index contributed by atoms with van der Waals surface area (Å²) in [5.74, 6) is -0.997. The number of rotatable bonds is 4. The molecule has 2 amide bonds. The summed E-state index contributed by atoms with van der Waals surface area (Å²) in [6.07, 6.45) is -2.83. The summed E-state index contributed by atoms with van der Waals surface area (Å²) in [7, 11) is 0. The summed E-state index contributed by atoms with van der Waals surface area (Å²) in [6.45, 7) is 0.105. The molecule has 1 fully saturated rings. The van der Waals surface area contributed by atoms with E-state index in [0.29, 0.717) is 19.1 Å². The molecule has 1 aromatic rings. The highest BCUT2D eigenvalue weighted by Gasteiger charge is 2.33. The van der Waals surface area contributed by atoms with Crippen molar-refractivity contribution >= 4 is 6.03 Å². The van der Waals surface area contributed by atoms with Gasteiger partial charge < -0.3 is 10.1 Å². The van der Waals surface area contributed by atoms with Gasteiger partial charge in [0.2, 0.25) is 0 Å². The summed E-state index contributed by atoms with van der Waals surface area (Å²) in [4.78, 5) is 16.5. The van der Waals surface area contributed by atoms with E-state index in [0.717, 1.165) is 25.0 Å². The number of hydrogen-bond acceptors (Lipinski definition) is 3. The lowest BCUT2D eigenvalue weighted by Crippen LogP contribution is -2.39. The zero-order chi connectivity index (χ0) is 16.9. The molecule has 1 heterocycles. The highest BCUT2D eigenvalue weighted by atomic mass is 19.4. The molecule has 0 saturated carbocycles. The van der Waals surface area contributed by atoms with Crippen molar-refractivity contribution in [2.45, 2.75) is 38.3 Å². The van der Waals surface area contributed by atoms with Crippen molar-refractivity contribution in [2.24, 2.45) is 0 Å². The first-order valence-electron chi connectivity index (χ1n) is 7.03. The third kappa shape index (κ3) is 5.36. The summed E-state index contributed by atoms with van der Waals surface area (Å²) < 4.78 is 56.6. The molecule has 128 valence electrons. The largest absolute Gasteiger partial charge is 0.416 e. The summed E-state index contributed by atoms with van der Waals surface area (Å²) in [5.41, 5.74) is 0.684. The Bertz CT molecular complexity index is 545. The molecule has 23 heavy (non-hydrogen) atoms. The lowest BCUT2D eigenvalue weighted by Gasteiger charge is -2.22. The minimum atomic E-state index is -4.71. The highest BCUT2D eigenvalue weighted by Crippen LogP contribution is 2.32. The van der Waals surface area contributed by atoms with E-state index in [1.54, 1.807) is 0 Å². The minimum Gasteiger partial charge on any atom is -0.350 e. The molecule has 1 aromatic carbocycles.